The Kier molecular flexibility index (Phi) is 5.99. The van der Waals surface area contributed by atoms with Crippen molar-refractivity contribution >= 4 is 22.7 Å². The molecule has 186 valence electrons. The maximum absolute atomic E-state index is 13.1. The molecule has 1 N–H and O–H groups in total. The Labute approximate surface area is 197 Å². The summed E-state index contributed by atoms with van der Waals surface area (Å²) in [5.41, 5.74) is 0.997. The SMILES string of the molecule is CO[C@H]1COC[C@H]1n1c(C#N)cc2cnc(Nc3cn(C4COC4)nc3O[C@@H](C)C(F)(F)F)nc21. The molecule has 14 heteroatoms. The highest BCUT2D eigenvalue weighted by Crippen LogP contribution is 2.34. The molecule has 0 saturated carbocycles. The highest BCUT2D eigenvalue weighted by molar-refractivity contribution is 5.79. The summed E-state index contributed by atoms with van der Waals surface area (Å²) in [6.45, 7) is 2.42. The molecule has 0 radical (unpaired) electrons. The van der Waals surface area contributed by atoms with Gasteiger partial charge in [-0.1, -0.05) is 0 Å². The van der Waals surface area contributed by atoms with Gasteiger partial charge in [-0.15, -0.1) is 5.10 Å². The first-order chi connectivity index (χ1) is 16.8. The molecule has 0 aromatic carbocycles. The van der Waals surface area contributed by atoms with Gasteiger partial charge in [0.05, 0.1) is 44.7 Å². The van der Waals surface area contributed by atoms with Gasteiger partial charge in [0.1, 0.15) is 29.2 Å². The summed E-state index contributed by atoms with van der Waals surface area (Å²) in [7, 11) is 1.57. The van der Waals surface area contributed by atoms with Crippen LogP contribution in [0.5, 0.6) is 5.88 Å². The first kappa shape index (κ1) is 23.3. The standard InChI is InChI=1S/C21H22F3N7O4/c1-11(21(22,23)24)35-19-15(6-30(29-19)14-7-33-8-14)27-20-26-5-12-3-13(4-25)31(18(12)28-20)16-9-34-10-17(16)32-2/h3,5-6,11,14,16-17H,7-10H2,1-2H3,(H,26,27,28)/t11-,16+,17-/m0/s1. The van der Waals surface area contributed by atoms with Gasteiger partial charge in [0, 0.05) is 18.7 Å². The van der Waals surface area contributed by atoms with Gasteiger partial charge in [0.15, 0.2) is 6.10 Å². The number of hydrogen-bond donors (Lipinski definition) is 1. The Morgan fingerprint density at radius 2 is 2.03 bits per heavy atom. The van der Waals surface area contributed by atoms with Crippen LogP contribution in [0.1, 0.15) is 24.7 Å². The van der Waals surface area contributed by atoms with Crippen LogP contribution < -0.4 is 10.1 Å². The van der Waals surface area contributed by atoms with E-state index in [4.69, 9.17) is 18.9 Å². The minimum Gasteiger partial charge on any atom is -0.462 e. The second-order valence-electron chi connectivity index (χ2n) is 8.31. The van der Waals surface area contributed by atoms with Crippen LogP contribution in [0.15, 0.2) is 18.5 Å². The van der Waals surface area contributed by atoms with E-state index in [0.29, 0.717) is 43.2 Å². The molecule has 2 saturated heterocycles. The Balaban J connectivity index is 1.50. The molecule has 0 spiro atoms. The maximum atomic E-state index is 13.1. The van der Waals surface area contributed by atoms with Crippen molar-refractivity contribution in [1.82, 2.24) is 24.3 Å². The summed E-state index contributed by atoms with van der Waals surface area (Å²) >= 11 is 0. The number of hydrogen-bond acceptors (Lipinski definition) is 9. The zero-order valence-corrected chi connectivity index (χ0v) is 18.8. The van der Waals surface area contributed by atoms with Crippen molar-refractivity contribution in [2.75, 3.05) is 38.9 Å². The summed E-state index contributed by atoms with van der Waals surface area (Å²) in [5.74, 6) is -0.134. The molecule has 5 heterocycles. The number of nitrogens with zero attached hydrogens (tertiary/aromatic N) is 6. The molecule has 11 nitrogen and oxygen atoms in total. The molecule has 0 amide bonds. The largest absolute Gasteiger partial charge is 0.462 e. The minimum absolute atomic E-state index is 0.100. The number of aromatic nitrogens is 5. The Bertz CT molecular complexity index is 1260. The lowest BCUT2D eigenvalue weighted by atomic mass is 10.2. The van der Waals surface area contributed by atoms with Gasteiger partial charge >= 0.3 is 6.18 Å². The van der Waals surface area contributed by atoms with Crippen LogP contribution in [-0.4, -0.2) is 76.2 Å². The molecule has 0 bridgehead atoms. The quantitative estimate of drug-likeness (QED) is 0.529. The fourth-order valence-electron chi connectivity index (χ4n) is 3.94. The second kappa shape index (κ2) is 8.99. The Hall–Kier alpha value is -3.41. The van der Waals surface area contributed by atoms with Gasteiger partial charge < -0.3 is 28.8 Å². The molecule has 2 aliphatic rings. The highest BCUT2D eigenvalue weighted by Gasteiger charge is 2.39. The molecule has 0 unspecified atom stereocenters. The van der Waals surface area contributed by atoms with Crippen molar-refractivity contribution in [2.24, 2.45) is 0 Å². The average molecular weight is 493 g/mol. The van der Waals surface area contributed by atoms with Crippen molar-refractivity contribution in [2.45, 2.75) is 37.4 Å². The first-order valence-corrected chi connectivity index (χ1v) is 10.8. The van der Waals surface area contributed by atoms with Crippen LogP contribution in [0, 0.1) is 11.3 Å². The molecular formula is C21H22F3N7O4. The third-order valence-electron chi connectivity index (χ3n) is 6.01. The Morgan fingerprint density at radius 1 is 1.26 bits per heavy atom. The van der Waals surface area contributed by atoms with Gasteiger partial charge in [-0.05, 0) is 13.0 Å². The van der Waals surface area contributed by atoms with E-state index in [1.165, 1.54) is 17.1 Å². The predicted octanol–water partition coefficient (Wildman–Crippen LogP) is 2.73. The van der Waals surface area contributed by atoms with Gasteiger partial charge in [0.2, 0.25) is 5.95 Å². The molecule has 0 aliphatic carbocycles. The number of rotatable bonds is 7. The molecule has 5 rings (SSSR count). The summed E-state index contributed by atoms with van der Waals surface area (Å²) in [6.07, 6.45) is -3.84. The highest BCUT2D eigenvalue weighted by atomic mass is 19.4. The fraction of sp³-hybridized carbons (Fsp3) is 0.524. The number of halogens is 3. The number of alkyl halides is 3. The van der Waals surface area contributed by atoms with Crippen LogP contribution in [0.25, 0.3) is 11.0 Å². The van der Waals surface area contributed by atoms with Gasteiger partial charge in [0.25, 0.3) is 5.88 Å². The lowest BCUT2D eigenvalue weighted by Gasteiger charge is -2.25. The van der Waals surface area contributed by atoms with Gasteiger partial charge in [-0.2, -0.15) is 23.4 Å². The van der Waals surface area contributed by atoms with Gasteiger partial charge in [-0.25, -0.2) is 4.98 Å². The average Bonchev–Trinajstić information content (AvgIpc) is 3.48. The predicted molar refractivity (Wildman–Crippen MR) is 114 cm³/mol. The van der Waals surface area contributed by atoms with Crippen LogP contribution in [-0.2, 0) is 14.2 Å². The van der Waals surface area contributed by atoms with E-state index in [2.05, 4.69) is 26.5 Å². The van der Waals surface area contributed by atoms with E-state index in [1.54, 1.807) is 17.7 Å². The number of anilines is 2. The molecule has 2 aliphatic heterocycles. The normalized spacial score (nSPS) is 21.6. The van der Waals surface area contributed by atoms with Crippen LogP contribution in [0.4, 0.5) is 24.8 Å². The van der Waals surface area contributed by atoms with Gasteiger partial charge in [-0.3, -0.25) is 4.68 Å². The number of nitrogens with one attached hydrogen (secondary N) is 1. The summed E-state index contributed by atoms with van der Waals surface area (Å²) in [5, 5.41) is 17.4. The smallest absolute Gasteiger partial charge is 0.425 e. The number of methoxy groups -OCH3 is 1. The van der Waals surface area contributed by atoms with E-state index >= 15 is 0 Å². The molecular weight excluding hydrogens is 471 g/mol. The van der Waals surface area contributed by atoms with Crippen LogP contribution in [0.3, 0.4) is 0 Å². The van der Waals surface area contributed by atoms with Crippen molar-refractivity contribution in [3.05, 3.63) is 24.2 Å². The molecule has 3 atom stereocenters. The zero-order valence-electron chi connectivity index (χ0n) is 18.8. The van der Waals surface area contributed by atoms with E-state index in [1.807, 2.05) is 0 Å². The first-order valence-electron chi connectivity index (χ1n) is 10.8. The number of fused-ring (bicyclic) bond motifs is 1. The zero-order chi connectivity index (χ0) is 24.7. The van der Waals surface area contributed by atoms with Crippen LogP contribution >= 0.6 is 0 Å². The third kappa shape index (κ3) is 4.38. The Morgan fingerprint density at radius 3 is 2.69 bits per heavy atom. The number of nitriles is 1. The lowest BCUT2D eigenvalue weighted by Crippen LogP contribution is -2.32. The molecule has 2 fully saturated rings. The third-order valence-corrected chi connectivity index (χ3v) is 6.01. The number of ether oxygens (including phenoxy) is 4. The summed E-state index contributed by atoms with van der Waals surface area (Å²) < 4.78 is 63.9. The summed E-state index contributed by atoms with van der Waals surface area (Å²) in [4.78, 5) is 8.82. The van der Waals surface area contributed by atoms with E-state index in [-0.39, 0.29) is 35.7 Å². The summed E-state index contributed by atoms with van der Waals surface area (Å²) in [6, 6.07) is 3.44. The monoisotopic (exact) mass is 493 g/mol. The van der Waals surface area contributed by atoms with Crippen molar-refractivity contribution in [3.8, 4) is 11.9 Å². The minimum atomic E-state index is -4.56. The van der Waals surface area contributed by atoms with Crippen LogP contribution in [0.2, 0.25) is 0 Å². The second-order valence-corrected chi connectivity index (χ2v) is 8.31. The van der Waals surface area contributed by atoms with Crippen molar-refractivity contribution in [1.29, 1.82) is 5.26 Å². The molecule has 3 aromatic rings. The van der Waals surface area contributed by atoms with E-state index < -0.39 is 12.3 Å². The fourth-order valence-corrected chi connectivity index (χ4v) is 3.94. The van der Waals surface area contributed by atoms with E-state index in [0.717, 1.165) is 6.92 Å². The molecule has 35 heavy (non-hydrogen) atoms. The van der Waals surface area contributed by atoms with E-state index in [9.17, 15) is 18.4 Å². The molecule has 3 aromatic heterocycles. The van der Waals surface area contributed by atoms with Crippen molar-refractivity contribution < 1.29 is 32.1 Å². The lowest BCUT2D eigenvalue weighted by molar-refractivity contribution is -0.189. The topological polar surface area (TPSA) is 121 Å². The maximum Gasteiger partial charge on any atom is 0.425 e. The van der Waals surface area contributed by atoms with Crippen molar-refractivity contribution in [3.63, 3.8) is 0 Å².